The summed E-state index contributed by atoms with van der Waals surface area (Å²) in [7, 11) is 0. The first-order valence-electron chi connectivity index (χ1n) is 4.69. The van der Waals surface area contributed by atoms with Gasteiger partial charge in [-0.05, 0) is 26.7 Å². The van der Waals surface area contributed by atoms with Crippen LogP contribution in [0.2, 0.25) is 0 Å². The van der Waals surface area contributed by atoms with E-state index in [1.165, 1.54) is 0 Å². The summed E-state index contributed by atoms with van der Waals surface area (Å²) in [4.78, 5) is 22.0. The standard InChI is InChI=1S/C9H16N2O3/c1-5(7(12)13)6(2)11-8(14)9(10)3-4-9/h5-6H,3-4,10H2,1-2H3,(H,11,14)(H,12,13). The van der Waals surface area contributed by atoms with Crippen molar-refractivity contribution < 1.29 is 14.7 Å². The summed E-state index contributed by atoms with van der Waals surface area (Å²) in [6.07, 6.45) is 1.38. The number of nitrogens with one attached hydrogen (secondary N) is 1. The molecule has 0 aliphatic heterocycles. The average molecular weight is 200 g/mol. The SMILES string of the molecule is CC(NC(=O)C1(N)CC1)C(C)C(=O)O. The Balaban J connectivity index is 2.44. The molecule has 0 aromatic heterocycles. The van der Waals surface area contributed by atoms with E-state index in [1.807, 2.05) is 0 Å². The zero-order valence-electron chi connectivity index (χ0n) is 8.41. The Morgan fingerprint density at radius 2 is 1.93 bits per heavy atom. The van der Waals surface area contributed by atoms with E-state index >= 15 is 0 Å². The van der Waals surface area contributed by atoms with Gasteiger partial charge in [-0.3, -0.25) is 9.59 Å². The van der Waals surface area contributed by atoms with Gasteiger partial charge in [0.15, 0.2) is 0 Å². The number of rotatable bonds is 4. The molecular weight excluding hydrogens is 184 g/mol. The molecule has 1 saturated carbocycles. The quantitative estimate of drug-likeness (QED) is 0.581. The molecular formula is C9H16N2O3. The Labute approximate surface area is 82.7 Å². The van der Waals surface area contributed by atoms with Gasteiger partial charge in [-0.1, -0.05) is 0 Å². The molecule has 0 aromatic carbocycles. The van der Waals surface area contributed by atoms with E-state index < -0.39 is 17.4 Å². The Morgan fingerprint density at radius 3 is 2.29 bits per heavy atom. The molecule has 80 valence electrons. The highest BCUT2D eigenvalue weighted by atomic mass is 16.4. The minimum atomic E-state index is -0.917. The Morgan fingerprint density at radius 1 is 1.43 bits per heavy atom. The molecule has 0 radical (unpaired) electrons. The monoisotopic (exact) mass is 200 g/mol. The van der Waals surface area contributed by atoms with Crippen molar-refractivity contribution in [3.8, 4) is 0 Å². The summed E-state index contributed by atoms with van der Waals surface area (Å²) in [5, 5.41) is 11.3. The Bertz CT molecular complexity index is 261. The molecule has 0 saturated heterocycles. The van der Waals surface area contributed by atoms with E-state index in [9.17, 15) is 9.59 Å². The van der Waals surface area contributed by atoms with Crippen LogP contribution in [0.5, 0.6) is 0 Å². The second-order valence-corrected chi connectivity index (χ2v) is 4.05. The third-order valence-electron chi connectivity index (χ3n) is 2.74. The summed E-state index contributed by atoms with van der Waals surface area (Å²) in [6, 6.07) is -0.388. The number of hydrogen-bond donors (Lipinski definition) is 3. The van der Waals surface area contributed by atoms with Gasteiger partial charge in [-0.15, -0.1) is 0 Å². The van der Waals surface area contributed by atoms with Gasteiger partial charge in [-0.2, -0.15) is 0 Å². The van der Waals surface area contributed by atoms with Crippen LogP contribution in [-0.4, -0.2) is 28.6 Å². The number of carboxylic acids is 1. The molecule has 0 spiro atoms. The molecule has 1 amide bonds. The van der Waals surface area contributed by atoms with Gasteiger partial charge in [0.05, 0.1) is 11.5 Å². The first-order chi connectivity index (χ1) is 6.37. The molecule has 1 fully saturated rings. The summed E-state index contributed by atoms with van der Waals surface area (Å²) in [6.45, 7) is 3.23. The van der Waals surface area contributed by atoms with Gasteiger partial charge in [0.25, 0.3) is 0 Å². The molecule has 0 bridgehead atoms. The van der Waals surface area contributed by atoms with Crippen molar-refractivity contribution in [2.24, 2.45) is 11.7 Å². The van der Waals surface area contributed by atoms with Crippen molar-refractivity contribution in [3.63, 3.8) is 0 Å². The number of carbonyl (C=O) groups excluding carboxylic acids is 1. The fraction of sp³-hybridized carbons (Fsp3) is 0.778. The lowest BCUT2D eigenvalue weighted by atomic mass is 10.0. The predicted molar refractivity (Wildman–Crippen MR) is 50.6 cm³/mol. The number of hydrogen-bond acceptors (Lipinski definition) is 3. The van der Waals surface area contributed by atoms with Crippen LogP contribution in [0, 0.1) is 5.92 Å². The molecule has 0 heterocycles. The van der Waals surface area contributed by atoms with Crippen molar-refractivity contribution in [3.05, 3.63) is 0 Å². The van der Waals surface area contributed by atoms with Crippen molar-refractivity contribution >= 4 is 11.9 Å². The number of carboxylic acid groups (broad SMARTS) is 1. The summed E-state index contributed by atoms with van der Waals surface area (Å²) < 4.78 is 0. The maximum atomic E-state index is 11.4. The maximum absolute atomic E-state index is 11.4. The topological polar surface area (TPSA) is 92.4 Å². The highest BCUT2D eigenvalue weighted by Gasteiger charge is 2.46. The Kier molecular flexibility index (Phi) is 2.80. The van der Waals surface area contributed by atoms with Gasteiger partial charge >= 0.3 is 5.97 Å². The first-order valence-corrected chi connectivity index (χ1v) is 4.69. The number of amides is 1. The number of carbonyl (C=O) groups is 2. The van der Waals surface area contributed by atoms with Crippen LogP contribution >= 0.6 is 0 Å². The second-order valence-electron chi connectivity index (χ2n) is 4.05. The van der Waals surface area contributed by atoms with E-state index in [4.69, 9.17) is 10.8 Å². The second kappa shape index (κ2) is 3.57. The van der Waals surface area contributed by atoms with Gasteiger partial charge in [0, 0.05) is 6.04 Å². The molecule has 5 heteroatoms. The highest BCUT2D eigenvalue weighted by Crippen LogP contribution is 2.32. The summed E-state index contributed by atoms with van der Waals surface area (Å²) >= 11 is 0. The smallest absolute Gasteiger partial charge is 0.308 e. The van der Waals surface area contributed by atoms with Crippen molar-refractivity contribution in [2.75, 3.05) is 0 Å². The number of aliphatic carboxylic acids is 1. The molecule has 2 atom stereocenters. The largest absolute Gasteiger partial charge is 0.481 e. The zero-order chi connectivity index (χ0) is 10.9. The molecule has 1 aliphatic carbocycles. The highest BCUT2D eigenvalue weighted by molar-refractivity contribution is 5.89. The first kappa shape index (κ1) is 11.0. The van der Waals surface area contributed by atoms with E-state index in [2.05, 4.69) is 5.32 Å². The zero-order valence-corrected chi connectivity index (χ0v) is 8.41. The lowest BCUT2D eigenvalue weighted by Gasteiger charge is -2.19. The minimum Gasteiger partial charge on any atom is -0.481 e. The van der Waals surface area contributed by atoms with Crippen LogP contribution in [0.3, 0.4) is 0 Å². The molecule has 0 aromatic rings. The lowest BCUT2D eigenvalue weighted by molar-refractivity contribution is -0.142. The van der Waals surface area contributed by atoms with Gasteiger partial charge < -0.3 is 16.2 Å². The third-order valence-corrected chi connectivity index (χ3v) is 2.74. The van der Waals surface area contributed by atoms with Crippen LogP contribution in [0.25, 0.3) is 0 Å². The molecule has 5 nitrogen and oxygen atoms in total. The minimum absolute atomic E-state index is 0.238. The maximum Gasteiger partial charge on any atom is 0.308 e. The van der Waals surface area contributed by atoms with Crippen LogP contribution in [0.15, 0.2) is 0 Å². The van der Waals surface area contributed by atoms with Gasteiger partial charge in [0.1, 0.15) is 0 Å². The molecule has 4 N–H and O–H groups in total. The number of nitrogens with two attached hydrogens (primary N) is 1. The Hall–Kier alpha value is -1.10. The third kappa shape index (κ3) is 2.23. The normalized spacial score (nSPS) is 22.2. The predicted octanol–water partition coefficient (Wildman–Crippen LogP) is -0.297. The van der Waals surface area contributed by atoms with E-state index in [-0.39, 0.29) is 11.9 Å². The van der Waals surface area contributed by atoms with E-state index in [0.717, 1.165) is 0 Å². The molecule has 1 rings (SSSR count). The van der Waals surface area contributed by atoms with E-state index in [0.29, 0.717) is 12.8 Å². The van der Waals surface area contributed by atoms with E-state index in [1.54, 1.807) is 13.8 Å². The van der Waals surface area contributed by atoms with Crippen LogP contribution in [0.4, 0.5) is 0 Å². The van der Waals surface area contributed by atoms with Crippen LogP contribution in [0.1, 0.15) is 26.7 Å². The average Bonchev–Trinajstić information content (AvgIpc) is 2.83. The van der Waals surface area contributed by atoms with Crippen LogP contribution < -0.4 is 11.1 Å². The van der Waals surface area contributed by atoms with Crippen molar-refractivity contribution in [2.45, 2.75) is 38.3 Å². The summed E-state index contributed by atoms with van der Waals surface area (Å²) in [5.41, 5.74) is 4.93. The van der Waals surface area contributed by atoms with Gasteiger partial charge in [0.2, 0.25) is 5.91 Å². The molecule has 14 heavy (non-hydrogen) atoms. The summed E-state index contributed by atoms with van der Waals surface area (Å²) in [5.74, 6) is -1.75. The van der Waals surface area contributed by atoms with Crippen molar-refractivity contribution in [1.82, 2.24) is 5.32 Å². The van der Waals surface area contributed by atoms with Crippen molar-refractivity contribution in [1.29, 1.82) is 0 Å². The van der Waals surface area contributed by atoms with Gasteiger partial charge in [-0.25, -0.2) is 0 Å². The fourth-order valence-corrected chi connectivity index (χ4v) is 1.05. The lowest BCUT2D eigenvalue weighted by Crippen LogP contribution is -2.49. The fourth-order valence-electron chi connectivity index (χ4n) is 1.05. The molecule has 2 unspecified atom stereocenters. The van der Waals surface area contributed by atoms with Crippen LogP contribution in [-0.2, 0) is 9.59 Å². The molecule has 1 aliphatic rings.